The van der Waals surface area contributed by atoms with Crippen LogP contribution in [0, 0.1) is 11.8 Å². The lowest BCUT2D eigenvalue weighted by Crippen LogP contribution is -2.46. The fourth-order valence-corrected chi connectivity index (χ4v) is 3.30. The Morgan fingerprint density at radius 3 is 2.85 bits per heavy atom. The molecular formula is C20H33N5O. The highest BCUT2D eigenvalue weighted by atomic mass is 16.5. The van der Waals surface area contributed by atoms with E-state index in [2.05, 4.69) is 46.3 Å². The van der Waals surface area contributed by atoms with Gasteiger partial charge in [-0.1, -0.05) is 6.92 Å². The van der Waals surface area contributed by atoms with Gasteiger partial charge in [0.2, 0.25) is 5.88 Å². The Balaban J connectivity index is 1.48. The normalized spacial score (nSPS) is 24.1. The zero-order valence-corrected chi connectivity index (χ0v) is 16.5. The largest absolute Gasteiger partial charge is 0.477 e. The first kappa shape index (κ1) is 19.0. The second-order valence-corrected chi connectivity index (χ2v) is 7.96. The molecule has 1 aliphatic carbocycles. The molecule has 0 aromatic carbocycles. The van der Waals surface area contributed by atoms with Gasteiger partial charge in [-0.25, -0.2) is 4.98 Å². The molecule has 144 valence electrons. The van der Waals surface area contributed by atoms with E-state index >= 15 is 0 Å². The molecule has 1 aromatic rings. The summed E-state index contributed by atoms with van der Waals surface area (Å²) in [6.07, 6.45) is 4.39. The van der Waals surface area contributed by atoms with E-state index < -0.39 is 0 Å². The van der Waals surface area contributed by atoms with E-state index in [4.69, 9.17) is 4.74 Å². The number of ether oxygens (including phenoxy) is 1. The van der Waals surface area contributed by atoms with Crippen molar-refractivity contribution < 1.29 is 4.74 Å². The van der Waals surface area contributed by atoms with Gasteiger partial charge in [0, 0.05) is 51.0 Å². The molecule has 1 saturated carbocycles. The van der Waals surface area contributed by atoms with Crippen LogP contribution in [0.25, 0.3) is 0 Å². The van der Waals surface area contributed by atoms with Crippen molar-refractivity contribution in [2.45, 2.75) is 52.2 Å². The van der Waals surface area contributed by atoms with E-state index in [9.17, 15) is 0 Å². The molecule has 0 spiro atoms. The van der Waals surface area contributed by atoms with Gasteiger partial charge in [0.15, 0.2) is 5.96 Å². The van der Waals surface area contributed by atoms with Crippen LogP contribution in [0.5, 0.6) is 5.88 Å². The molecule has 6 nitrogen and oxygen atoms in total. The molecule has 1 saturated heterocycles. The minimum atomic E-state index is 0.429. The highest BCUT2D eigenvalue weighted by Crippen LogP contribution is 2.29. The van der Waals surface area contributed by atoms with E-state index in [0.717, 1.165) is 43.0 Å². The molecule has 2 heterocycles. The molecule has 2 unspecified atom stereocenters. The molecule has 2 aliphatic rings. The van der Waals surface area contributed by atoms with Gasteiger partial charge >= 0.3 is 0 Å². The first-order chi connectivity index (χ1) is 12.5. The molecule has 26 heavy (non-hydrogen) atoms. The van der Waals surface area contributed by atoms with Crippen LogP contribution in [0.4, 0.5) is 0 Å². The lowest BCUT2D eigenvalue weighted by molar-refractivity contribution is 0.265. The number of pyridine rings is 1. The van der Waals surface area contributed by atoms with Crippen LogP contribution in [0.15, 0.2) is 23.3 Å². The van der Waals surface area contributed by atoms with Gasteiger partial charge in [0.25, 0.3) is 0 Å². The van der Waals surface area contributed by atoms with Crippen molar-refractivity contribution in [3.63, 3.8) is 0 Å². The fourth-order valence-electron chi connectivity index (χ4n) is 3.30. The van der Waals surface area contributed by atoms with Gasteiger partial charge in [-0.15, -0.1) is 0 Å². The molecule has 2 fully saturated rings. The van der Waals surface area contributed by atoms with E-state index in [1.807, 2.05) is 25.4 Å². The predicted octanol–water partition coefficient (Wildman–Crippen LogP) is 2.26. The predicted molar refractivity (Wildman–Crippen MR) is 105 cm³/mol. The van der Waals surface area contributed by atoms with Gasteiger partial charge in [-0.2, -0.15) is 0 Å². The summed E-state index contributed by atoms with van der Waals surface area (Å²) in [6.45, 7) is 10.5. The standard InChI is InChI=1S/C20H33N5O/c1-14(2)25-11-15(3)18(12-25)24-20(21-4)23-10-17-7-8-22-19(9-17)26-13-16-5-6-16/h7-9,14-16,18H,5-6,10-13H2,1-4H3,(H2,21,23,24). The third-order valence-electron chi connectivity index (χ3n) is 5.34. The number of nitrogens with one attached hydrogen (secondary N) is 2. The molecule has 6 heteroatoms. The van der Waals surface area contributed by atoms with Crippen molar-refractivity contribution in [2.75, 3.05) is 26.7 Å². The summed E-state index contributed by atoms with van der Waals surface area (Å²) in [4.78, 5) is 11.2. The van der Waals surface area contributed by atoms with Gasteiger partial charge < -0.3 is 15.4 Å². The van der Waals surface area contributed by atoms with Crippen LogP contribution in [0.3, 0.4) is 0 Å². The summed E-state index contributed by atoms with van der Waals surface area (Å²) in [5.74, 6) is 2.92. The van der Waals surface area contributed by atoms with Crippen LogP contribution in [0.1, 0.15) is 39.2 Å². The molecule has 0 bridgehead atoms. The Bertz CT molecular complexity index is 614. The topological polar surface area (TPSA) is 61.8 Å². The third kappa shape index (κ3) is 5.34. The van der Waals surface area contributed by atoms with Crippen LogP contribution in [-0.2, 0) is 6.54 Å². The maximum absolute atomic E-state index is 5.77. The van der Waals surface area contributed by atoms with E-state index in [-0.39, 0.29) is 0 Å². The van der Waals surface area contributed by atoms with Crippen LogP contribution in [0.2, 0.25) is 0 Å². The molecule has 1 aromatic heterocycles. The summed E-state index contributed by atoms with van der Waals surface area (Å²) in [6, 6.07) is 5.05. The zero-order valence-electron chi connectivity index (χ0n) is 16.5. The number of aliphatic imine (C=N–C) groups is 1. The fraction of sp³-hybridized carbons (Fsp3) is 0.700. The summed E-state index contributed by atoms with van der Waals surface area (Å²) in [7, 11) is 1.83. The number of hydrogen-bond acceptors (Lipinski definition) is 4. The molecule has 0 radical (unpaired) electrons. The number of hydrogen-bond donors (Lipinski definition) is 2. The average Bonchev–Trinajstić information content (AvgIpc) is 3.39. The van der Waals surface area contributed by atoms with Crippen molar-refractivity contribution in [3.05, 3.63) is 23.9 Å². The van der Waals surface area contributed by atoms with E-state index in [1.165, 1.54) is 12.8 Å². The Morgan fingerprint density at radius 1 is 1.38 bits per heavy atom. The number of guanidine groups is 1. The van der Waals surface area contributed by atoms with Crippen molar-refractivity contribution in [3.8, 4) is 5.88 Å². The quantitative estimate of drug-likeness (QED) is 0.578. The highest BCUT2D eigenvalue weighted by molar-refractivity contribution is 5.80. The minimum Gasteiger partial charge on any atom is -0.477 e. The molecule has 3 rings (SSSR count). The van der Waals surface area contributed by atoms with Crippen molar-refractivity contribution >= 4 is 5.96 Å². The maximum Gasteiger partial charge on any atom is 0.213 e. The van der Waals surface area contributed by atoms with Gasteiger partial charge in [-0.05, 0) is 50.2 Å². The van der Waals surface area contributed by atoms with E-state index in [0.29, 0.717) is 24.5 Å². The smallest absolute Gasteiger partial charge is 0.213 e. The number of rotatable bonds is 7. The first-order valence-corrected chi connectivity index (χ1v) is 9.84. The second kappa shape index (κ2) is 8.71. The number of nitrogens with zero attached hydrogens (tertiary/aromatic N) is 3. The van der Waals surface area contributed by atoms with Gasteiger partial charge in [-0.3, -0.25) is 9.89 Å². The third-order valence-corrected chi connectivity index (χ3v) is 5.34. The van der Waals surface area contributed by atoms with Gasteiger partial charge in [0.05, 0.1) is 6.61 Å². The first-order valence-electron chi connectivity index (χ1n) is 9.84. The molecule has 2 atom stereocenters. The lowest BCUT2D eigenvalue weighted by Gasteiger charge is -2.22. The van der Waals surface area contributed by atoms with Crippen LogP contribution in [-0.4, -0.2) is 54.7 Å². The van der Waals surface area contributed by atoms with Crippen molar-refractivity contribution in [2.24, 2.45) is 16.8 Å². The van der Waals surface area contributed by atoms with Crippen LogP contribution >= 0.6 is 0 Å². The maximum atomic E-state index is 5.77. The SMILES string of the molecule is CN=C(NCc1ccnc(OCC2CC2)c1)NC1CN(C(C)C)CC1C. The second-order valence-electron chi connectivity index (χ2n) is 7.96. The Morgan fingerprint density at radius 2 is 2.19 bits per heavy atom. The van der Waals surface area contributed by atoms with Gasteiger partial charge in [0.1, 0.15) is 0 Å². The highest BCUT2D eigenvalue weighted by Gasteiger charge is 2.31. The lowest BCUT2D eigenvalue weighted by atomic mass is 10.1. The summed E-state index contributed by atoms with van der Waals surface area (Å²) in [5, 5.41) is 7.00. The van der Waals surface area contributed by atoms with Crippen molar-refractivity contribution in [1.82, 2.24) is 20.5 Å². The van der Waals surface area contributed by atoms with Crippen LogP contribution < -0.4 is 15.4 Å². The molecule has 0 amide bonds. The van der Waals surface area contributed by atoms with E-state index in [1.54, 1.807) is 0 Å². The minimum absolute atomic E-state index is 0.429. The Labute approximate surface area is 157 Å². The zero-order chi connectivity index (χ0) is 18.5. The molecular weight excluding hydrogens is 326 g/mol. The Kier molecular flexibility index (Phi) is 6.35. The van der Waals surface area contributed by atoms with Crippen molar-refractivity contribution in [1.29, 1.82) is 0 Å². The summed E-state index contributed by atoms with van der Waals surface area (Å²) in [5.41, 5.74) is 1.15. The summed E-state index contributed by atoms with van der Waals surface area (Å²) >= 11 is 0. The monoisotopic (exact) mass is 359 g/mol. The number of likely N-dealkylation sites (tertiary alicyclic amines) is 1. The Hall–Kier alpha value is -1.82. The summed E-state index contributed by atoms with van der Waals surface area (Å²) < 4.78 is 5.77. The number of aromatic nitrogens is 1. The average molecular weight is 360 g/mol. The molecule has 2 N–H and O–H groups in total. The molecule has 1 aliphatic heterocycles.